The van der Waals surface area contributed by atoms with Crippen LogP contribution in [-0.4, -0.2) is 25.5 Å². The van der Waals surface area contributed by atoms with Crippen LogP contribution < -0.4 is 5.32 Å². The summed E-state index contributed by atoms with van der Waals surface area (Å²) in [6.07, 6.45) is 1.13. The molecule has 0 aliphatic rings. The van der Waals surface area contributed by atoms with E-state index in [0.717, 1.165) is 24.4 Å². The zero-order valence-corrected chi connectivity index (χ0v) is 9.74. The van der Waals surface area contributed by atoms with E-state index in [0.29, 0.717) is 0 Å². The molecule has 20 heavy (non-hydrogen) atoms. The number of hydrogen-bond donors (Lipinski definition) is 2. The molecule has 0 spiro atoms. The Morgan fingerprint density at radius 2 is 2.40 bits per heavy atom. The largest absolute Gasteiger partial charge is 0.358 e. The van der Waals surface area contributed by atoms with Crippen molar-refractivity contribution < 1.29 is 9.31 Å². The molecule has 9 nitrogen and oxygen atoms in total. The van der Waals surface area contributed by atoms with Crippen LogP contribution in [0.25, 0.3) is 5.57 Å². The van der Waals surface area contributed by atoms with Crippen LogP contribution in [0.1, 0.15) is 5.82 Å². The summed E-state index contributed by atoms with van der Waals surface area (Å²) in [6.45, 7) is 0. The first-order chi connectivity index (χ1) is 9.61. The number of benzene rings is 1. The van der Waals surface area contributed by atoms with E-state index < -0.39 is 10.7 Å². The Morgan fingerprint density at radius 1 is 1.60 bits per heavy atom. The van der Waals surface area contributed by atoms with Crippen molar-refractivity contribution in [2.45, 2.75) is 0 Å². The van der Waals surface area contributed by atoms with Crippen molar-refractivity contribution in [3.63, 3.8) is 0 Å². The minimum atomic E-state index is -0.697. The van der Waals surface area contributed by atoms with Gasteiger partial charge in [0.05, 0.1) is 10.6 Å². The third-order valence-corrected chi connectivity index (χ3v) is 2.24. The Balaban J connectivity index is 2.28. The van der Waals surface area contributed by atoms with Crippen LogP contribution in [0.4, 0.5) is 15.8 Å². The number of nitro benzene ring substituents is 1. The number of allylic oxidation sites excluding steroid dienone is 1. The quantitative estimate of drug-likeness (QED) is 0.486. The summed E-state index contributed by atoms with van der Waals surface area (Å²) in [5.74, 6) is -0.678. The van der Waals surface area contributed by atoms with Crippen molar-refractivity contribution >= 4 is 16.9 Å². The lowest BCUT2D eigenvalue weighted by atomic mass is 10.2. The van der Waals surface area contributed by atoms with Gasteiger partial charge in [-0.05, 0) is 11.3 Å². The molecule has 0 unspecified atom stereocenters. The Bertz CT molecular complexity index is 705. The molecule has 0 aliphatic carbocycles. The van der Waals surface area contributed by atoms with Crippen LogP contribution in [0.15, 0.2) is 24.4 Å². The van der Waals surface area contributed by atoms with Gasteiger partial charge in [0, 0.05) is 18.3 Å². The van der Waals surface area contributed by atoms with Gasteiger partial charge in [0.2, 0.25) is 5.82 Å². The van der Waals surface area contributed by atoms with Gasteiger partial charge in [0.25, 0.3) is 5.69 Å². The molecule has 1 aromatic carbocycles. The van der Waals surface area contributed by atoms with Crippen LogP contribution in [0.2, 0.25) is 0 Å². The normalized spacial score (nSPS) is 10.9. The maximum absolute atomic E-state index is 13.5. The molecule has 100 valence electrons. The molecule has 1 aromatic heterocycles. The molecule has 0 atom stereocenters. The van der Waals surface area contributed by atoms with Crippen molar-refractivity contribution in [2.75, 3.05) is 5.32 Å². The number of H-pyrrole nitrogens is 1. The van der Waals surface area contributed by atoms with Gasteiger partial charge in [-0.1, -0.05) is 0 Å². The van der Waals surface area contributed by atoms with Gasteiger partial charge in [-0.3, -0.25) is 10.1 Å². The van der Waals surface area contributed by atoms with E-state index in [1.165, 1.54) is 0 Å². The fraction of sp³-hybridized carbons (Fsp3) is 0. The molecule has 0 saturated heterocycles. The summed E-state index contributed by atoms with van der Waals surface area (Å²) in [7, 11) is 0. The van der Waals surface area contributed by atoms with Crippen LogP contribution in [0.3, 0.4) is 0 Å². The van der Waals surface area contributed by atoms with E-state index in [2.05, 4.69) is 25.9 Å². The van der Waals surface area contributed by atoms with E-state index in [1.54, 1.807) is 6.07 Å². The third kappa shape index (κ3) is 2.72. The Labute approximate surface area is 110 Å². The topological polar surface area (TPSA) is 133 Å². The molecule has 0 bridgehead atoms. The first-order valence-corrected chi connectivity index (χ1v) is 5.16. The lowest BCUT2D eigenvalue weighted by Crippen LogP contribution is -1.97. The van der Waals surface area contributed by atoms with Crippen LogP contribution in [0, 0.1) is 27.3 Å². The molecule has 0 radical (unpaired) electrons. The molecule has 2 aromatic rings. The molecule has 0 fully saturated rings. The highest BCUT2D eigenvalue weighted by Crippen LogP contribution is 2.21. The van der Waals surface area contributed by atoms with Gasteiger partial charge < -0.3 is 5.32 Å². The van der Waals surface area contributed by atoms with E-state index in [1.807, 2.05) is 0 Å². The van der Waals surface area contributed by atoms with Crippen molar-refractivity contribution in [3.8, 4) is 6.07 Å². The number of hydrogen-bond acceptors (Lipinski definition) is 7. The first-order valence-electron chi connectivity index (χ1n) is 5.16. The Hall–Kier alpha value is -3.35. The SMILES string of the molecule is N#CC(=CNc1cc([N+](=O)[O-])ccc1F)c1nn[nH]n1. The van der Waals surface area contributed by atoms with Crippen molar-refractivity contribution in [3.05, 3.63) is 46.2 Å². The van der Waals surface area contributed by atoms with Gasteiger partial charge in [0.15, 0.2) is 0 Å². The van der Waals surface area contributed by atoms with Gasteiger partial charge in [-0.25, -0.2) is 4.39 Å². The lowest BCUT2D eigenvalue weighted by molar-refractivity contribution is -0.384. The van der Waals surface area contributed by atoms with Crippen LogP contribution in [-0.2, 0) is 0 Å². The summed E-state index contributed by atoms with van der Waals surface area (Å²) < 4.78 is 13.5. The van der Waals surface area contributed by atoms with Crippen molar-refractivity contribution in [1.82, 2.24) is 20.6 Å². The number of halogens is 1. The molecular weight excluding hydrogens is 269 g/mol. The number of rotatable bonds is 4. The first kappa shape index (κ1) is 13.1. The number of nitrogens with zero attached hydrogens (tertiary/aromatic N) is 5. The maximum atomic E-state index is 13.5. The van der Waals surface area contributed by atoms with Crippen LogP contribution in [0.5, 0.6) is 0 Å². The number of aromatic amines is 1. The zero-order valence-electron chi connectivity index (χ0n) is 9.74. The second-order valence-electron chi connectivity index (χ2n) is 3.47. The molecule has 0 saturated carbocycles. The summed E-state index contributed by atoms with van der Waals surface area (Å²) in [4.78, 5) is 9.95. The molecular formula is C10H6FN7O2. The van der Waals surface area contributed by atoms with Gasteiger partial charge in [-0.2, -0.15) is 10.5 Å². The highest BCUT2D eigenvalue weighted by molar-refractivity contribution is 5.74. The summed E-state index contributed by atoms with van der Waals surface area (Å²) in [6, 6.07) is 4.79. The van der Waals surface area contributed by atoms with E-state index in [9.17, 15) is 14.5 Å². The average Bonchev–Trinajstić information content (AvgIpc) is 2.95. The maximum Gasteiger partial charge on any atom is 0.271 e. The highest BCUT2D eigenvalue weighted by Gasteiger charge is 2.11. The van der Waals surface area contributed by atoms with Crippen molar-refractivity contribution in [1.29, 1.82) is 5.26 Å². The van der Waals surface area contributed by atoms with Crippen molar-refractivity contribution in [2.24, 2.45) is 0 Å². The standard InChI is InChI=1S/C10H6FN7O2/c11-8-2-1-7(18(19)20)3-9(8)13-5-6(4-12)10-14-16-17-15-10/h1-3,5,13H,(H,14,15,16,17). The predicted octanol–water partition coefficient (Wildman–Crippen LogP) is 1.22. The van der Waals surface area contributed by atoms with E-state index >= 15 is 0 Å². The number of nitriles is 1. The fourth-order valence-electron chi connectivity index (χ4n) is 1.31. The Morgan fingerprint density at radius 3 is 3.00 bits per heavy atom. The summed E-state index contributed by atoms with van der Waals surface area (Å²) in [5, 5.41) is 34.6. The lowest BCUT2D eigenvalue weighted by Gasteiger charge is -2.02. The second-order valence-corrected chi connectivity index (χ2v) is 3.47. The molecule has 1 heterocycles. The molecule has 10 heteroatoms. The minimum absolute atomic E-state index is 0.00958. The number of nitrogens with one attached hydrogen (secondary N) is 2. The number of aromatic nitrogens is 4. The minimum Gasteiger partial charge on any atom is -0.358 e. The average molecular weight is 275 g/mol. The smallest absolute Gasteiger partial charge is 0.271 e. The second kappa shape index (κ2) is 5.53. The molecule has 2 rings (SSSR count). The zero-order chi connectivity index (χ0) is 14.5. The monoisotopic (exact) mass is 275 g/mol. The number of tetrazole rings is 1. The number of anilines is 1. The van der Waals surface area contributed by atoms with E-state index in [4.69, 9.17) is 5.26 Å². The molecule has 0 amide bonds. The Kier molecular flexibility index (Phi) is 3.62. The number of nitro groups is 1. The highest BCUT2D eigenvalue weighted by atomic mass is 19.1. The third-order valence-electron chi connectivity index (χ3n) is 2.24. The molecule has 2 N–H and O–H groups in total. The van der Waals surface area contributed by atoms with Gasteiger partial charge in [0.1, 0.15) is 17.5 Å². The van der Waals surface area contributed by atoms with Gasteiger partial charge in [-0.15, -0.1) is 10.2 Å². The van der Waals surface area contributed by atoms with E-state index in [-0.39, 0.29) is 22.8 Å². The molecule has 0 aliphatic heterocycles. The summed E-state index contributed by atoms with van der Waals surface area (Å²) in [5.41, 5.74) is -0.430. The summed E-state index contributed by atoms with van der Waals surface area (Å²) >= 11 is 0. The fourth-order valence-corrected chi connectivity index (χ4v) is 1.31. The van der Waals surface area contributed by atoms with Crippen LogP contribution >= 0.6 is 0 Å². The predicted molar refractivity (Wildman–Crippen MR) is 64.4 cm³/mol. The van der Waals surface area contributed by atoms with Gasteiger partial charge >= 0.3 is 0 Å². The number of non-ortho nitro benzene ring substituents is 1.